The van der Waals surface area contributed by atoms with Crippen LogP contribution in [0.3, 0.4) is 0 Å². The van der Waals surface area contributed by atoms with Gasteiger partial charge in [-0.05, 0) is 42.9 Å². The van der Waals surface area contributed by atoms with E-state index >= 15 is 0 Å². The zero-order chi connectivity index (χ0) is 21.2. The summed E-state index contributed by atoms with van der Waals surface area (Å²) in [4.78, 5) is 13.7. The number of rotatable bonds is 12. The Kier molecular flexibility index (Phi) is 9.74. The van der Waals surface area contributed by atoms with Crippen molar-refractivity contribution in [3.63, 3.8) is 0 Å². The second-order valence-corrected chi connectivity index (χ2v) is 8.16. The van der Waals surface area contributed by atoms with Crippen molar-refractivity contribution in [2.45, 2.75) is 76.9 Å². The molecule has 0 amide bonds. The summed E-state index contributed by atoms with van der Waals surface area (Å²) in [6.07, 6.45) is 10.1. The topological polar surface area (TPSA) is 60.8 Å². The molecule has 0 unspecified atom stereocenters. The number of aryl methyl sites for hydroxylation is 1. The summed E-state index contributed by atoms with van der Waals surface area (Å²) in [5, 5.41) is 19.1. The van der Waals surface area contributed by atoms with Gasteiger partial charge in [0.25, 0.3) is 0 Å². The fourth-order valence-corrected chi connectivity index (χ4v) is 4.09. The van der Waals surface area contributed by atoms with Crippen molar-refractivity contribution in [1.82, 2.24) is 4.90 Å². The lowest BCUT2D eigenvalue weighted by Crippen LogP contribution is -2.32. The van der Waals surface area contributed by atoms with Gasteiger partial charge in [0.2, 0.25) is 0 Å². The zero-order valence-electron chi connectivity index (χ0n) is 17.1. The normalized spacial score (nSPS) is 18.0. The number of carboxylic acids is 1. The fraction of sp³-hybridized carbons (Fsp3) is 0.565. The molecule has 1 aromatic carbocycles. The maximum absolute atomic E-state index is 13.6. The van der Waals surface area contributed by atoms with Gasteiger partial charge in [-0.1, -0.05) is 56.3 Å². The lowest BCUT2D eigenvalue weighted by molar-refractivity contribution is -0.137. The molecule has 0 spiro atoms. The van der Waals surface area contributed by atoms with Crippen LogP contribution < -0.4 is 0 Å². The number of likely N-dealkylation sites (tertiary alicyclic amines) is 1. The minimum atomic E-state index is -0.735. The molecule has 1 aliphatic heterocycles. The maximum Gasteiger partial charge on any atom is 0.303 e. The van der Waals surface area contributed by atoms with Crippen molar-refractivity contribution in [1.29, 1.82) is 0 Å². The molecule has 0 bridgehead atoms. The zero-order valence-corrected chi connectivity index (χ0v) is 18.0. The van der Waals surface area contributed by atoms with Crippen molar-refractivity contribution >= 4 is 23.2 Å². The number of aliphatic hydroxyl groups excluding tert-OH is 1. The Labute approximate surface area is 178 Å². The van der Waals surface area contributed by atoms with Gasteiger partial charge in [0.05, 0.1) is 11.1 Å². The van der Waals surface area contributed by atoms with E-state index < -0.39 is 12.1 Å². The monoisotopic (exact) mass is 421 g/mol. The molecule has 1 fully saturated rings. The molecule has 0 radical (unpaired) electrons. The average Bonchev–Trinajstić information content (AvgIpc) is 3.04. The average molecular weight is 422 g/mol. The van der Waals surface area contributed by atoms with Gasteiger partial charge in [0.15, 0.2) is 0 Å². The highest BCUT2D eigenvalue weighted by Crippen LogP contribution is 2.22. The van der Waals surface area contributed by atoms with Crippen LogP contribution in [0.2, 0.25) is 0 Å². The van der Waals surface area contributed by atoms with Crippen LogP contribution in [-0.2, 0) is 17.6 Å². The first kappa shape index (κ1) is 23.5. The van der Waals surface area contributed by atoms with Gasteiger partial charge in [0, 0.05) is 31.8 Å². The van der Waals surface area contributed by atoms with E-state index in [9.17, 15) is 14.3 Å². The van der Waals surface area contributed by atoms with Crippen LogP contribution in [-0.4, -0.2) is 44.8 Å². The van der Waals surface area contributed by atoms with E-state index in [4.69, 9.17) is 17.3 Å². The van der Waals surface area contributed by atoms with E-state index in [1.807, 2.05) is 25.1 Å². The van der Waals surface area contributed by atoms with Crippen LogP contribution >= 0.6 is 12.2 Å². The summed E-state index contributed by atoms with van der Waals surface area (Å²) >= 11 is 5.49. The van der Waals surface area contributed by atoms with Crippen molar-refractivity contribution < 1.29 is 19.4 Å². The Balaban J connectivity index is 1.81. The summed E-state index contributed by atoms with van der Waals surface area (Å²) in [5.41, 5.74) is 1.61. The molecule has 0 aromatic heterocycles. The first-order valence-corrected chi connectivity index (χ1v) is 11.0. The Hall–Kier alpha value is -1.79. The maximum atomic E-state index is 13.6. The van der Waals surface area contributed by atoms with Gasteiger partial charge < -0.3 is 15.1 Å². The van der Waals surface area contributed by atoms with Crippen molar-refractivity contribution in [3.8, 4) is 0 Å². The SMILES string of the molecule is CCc1cc(C[C@H](O)/C=C/[C@H]2CCC(=S)N2CCCCCCC(=O)O)ccc1F. The molecule has 2 atom stereocenters. The van der Waals surface area contributed by atoms with Gasteiger partial charge in [-0.3, -0.25) is 4.79 Å². The second-order valence-electron chi connectivity index (χ2n) is 7.69. The smallest absolute Gasteiger partial charge is 0.303 e. The molecule has 4 nitrogen and oxygen atoms in total. The van der Waals surface area contributed by atoms with E-state index in [0.717, 1.165) is 55.6 Å². The number of hydrogen-bond acceptors (Lipinski definition) is 3. The standard InChI is InChI=1S/C23H32FNO3S/c1-2-18-15-17(8-12-21(18)24)16-20(26)11-9-19-10-13-22(29)25(19)14-6-4-3-5-7-23(27)28/h8-9,11-12,15,19-20,26H,2-7,10,13-14,16H2,1H3,(H,27,28)/b11-9+/t19-,20+/m0/s1. The third-order valence-electron chi connectivity index (χ3n) is 5.41. The van der Waals surface area contributed by atoms with Crippen LogP contribution in [0.25, 0.3) is 0 Å². The summed E-state index contributed by atoms with van der Waals surface area (Å²) in [5.74, 6) is -0.930. The Bertz CT molecular complexity index is 722. The van der Waals surface area contributed by atoms with Crippen LogP contribution in [0.1, 0.15) is 63.0 Å². The Morgan fingerprint density at radius 1 is 1.34 bits per heavy atom. The summed E-state index contributed by atoms with van der Waals surface area (Å²) in [6, 6.07) is 5.23. The van der Waals surface area contributed by atoms with Crippen molar-refractivity contribution in [3.05, 3.63) is 47.3 Å². The van der Waals surface area contributed by atoms with Gasteiger partial charge >= 0.3 is 5.97 Å². The summed E-state index contributed by atoms with van der Waals surface area (Å²) in [6.45, 7) is 2.79. The number of nitrogens with zero attached hydrogens (tertiary/aromatic N) is 1. The predicted molar refractivity (Wildman–Crippen MR) is 118 cm³/mol. The minimum absolute atomic E-state index is 0.195. The molecule has 1 heterocycles. The fourth-order valence-electron chi connectivity index (χ4n) is 3.75. The number of unbranched alkanes of at least 4 members (excludes halogenated alkanes) is 3. The Morgan fingerprint density at radius 3 is 2.83 bits per heavy atom. The van der Waals surface area contributed by atoms with E-state index in [1.54, 1.807) is 6.07 Å². The molecular weight excluding hydrogens is 389 g/mol. The molecule has 0 saturated carbocycles. The number of carboxylic acid groups (broad SMARTS) is 1. The van der Waals surface area contributed by atoms with Gasteiger partial charge in [-0.15, -0.1) is 0 Å². The molecular formula is C23H32FNO3S. The van der Waals surface area contributed by atoms with E-state index in [0.29, 0.717) is 18.4 Å². The molecule has 2 rings (SSSR count). The number of hydrogen-bond donors (Lipinski definition) is 2. The third kappa shape index (κ3) is 7.86. The van der Waals surface area contributed by atoms with E-state index in [1.165, 1.54) is 6.07 Å². The second kappa shape index (κ2) is 12.0. The molecule has 1 saturated heterocycles. The lowest BCUT2D eigenvalue weighted by Gasteiger charge is -2.24. The minimum Gasteiger partial charge on any atom is -0.481 e. The Morgan fingerprint density at radius 2 is 2.10 bits per heavy atom. The van der Waals surface area contributed by atoms with Gasteiger partial charge in [-0.2, -0.15) is 0 Å². The van der Waals surface area contributed by atoms with E-state index in [2.05, 4.69) is 4.90 Å². The first-order chi connectivity index (χ1) is 13.9. The molecule has 6 heteroatoms. The number of aliphatic hydroxyl groups is 1. The highest BCUT2D eigenvalue weighted by molar-refractivity contribution is 7.80. The highest BCUT2D eigenvalue weighted by Gasteiger charge is 2.25. The molecule has 160 valence electrons. The molecule has 2 N–H and O–H groups in total. The van der Waals surface area contributed by atoms with Gasteiger partial charge in [-0.25, -0.2) is 4.39 Å². The summed E-state index contributed by atoms with van der Waals surface area (Å²) < 4.78 is 13.6. The quantitative estimate of drug-likeness (QED) is 0.292. The summed E-state index contributed by atoms with van der Waals surface area (Å²) in [7, 11) is 0. The number of carbonyl (C=O) groups is 1. The van der Waals surface area contributed by atoms with Gasteiger partial charge in [0.1, 0.15) is 5.82 Å². The van der Waals surface area contributed by atoms with Crippen molar-refractivity contribution in [2.24, 2.45) is 0 Å². The van der Waals surface area contributed by atoms with Crippen LogP contribution in [0.5, 0.6) is 0 Å². The number of halogens is 1. The number of thiocarbonyl (C=S) groups is 1. The predicted octanol–water partition coefficient (Wildman–Crippen LogP) is 4.67. The first-order valence-electron chi connectivity index (χ1n) is 10.6. The highest BCUT2D eigenvalue weighted by atomic mass is 32.1. The number of aliphatic carboxylic acids is 1. The molecule has 1 aromatic rings. The molecule has 29 heavy (non-hydrogen) atoms. The van der Waals surface area contributed by atoms with E-state index in [-0.39, 0.29) is 18.3 Å². The third-order valence-corrected chi connectivity index (χ3v) is 5.84. The molecule has 0 aliphatic carbocycles. The molecule has 1 aliphatic rings. The lowest BCUT2D eigenvalue weighted by atomic mass is 10.0. The van der Waals surface area contributed by atoms with Crippen LogP contribution in [0, 0.1) is 5.82 Å². The number of benzene rings is 1. The van der Waals surface area contributed by atoms with Crippen molar-refractivity contribution in [2.75, 3.05) is 6.54 Å². The van der Waals surface area contributed by atoms with Crippen LogP contribution in [0.15, 0.2) is 30.4 Å². The van der Waals surface area contributed by atoms with Crippen LogP contribution in [0.4, 0.5) is 4.39 Å². The largest absolute Gasteiger partial charge is 0.481 e.